The second-order valence-electron chi connectivity index (χ2n) is 5.39. The fraction of sp³-hybridized carbons (Fsp3) is 0.500. The van der Waals surface area contributed by atoms with E-state index in [9.17, 15) is 13.2 Å². The number of sulfonamides is 1. The summed E-state index contributed by atoms with van der Waals surface area (Å²) in [5, 5.41) is 2.80. The molecule has 1 aliphatic heterocycles. The number of carbonyl (C=O) groups is 1. The molecular formula is C14H22ClN3O3S. The molecule has 1 atom stereocenters. The maximum absolute atomic E-state index is 12.1. The van der Waals surface area contributed by atoms with Crippen molar-refractivity contribution in [2.75, 3.05) is 23.7 Å². The zero-order valence-electron chi connectivity index (χ0n) is 12.7. The van der Waals surface area contributed by atoms with Gasteiger partial charge in [0.25, 0.3) is 5.91 Å². The number of amides is 1. The number of carbonyl (C=O) groups excluding carboxylic acids is 1. The molecule has 2 rings (SSSR count). The van der Waals surface area contributed by atoms with Gasteiger partial charge in [-0.2, -0.15) is 0 Å². The topological polar surface area (TPSA) is 92.5 Å². The van der Waals surface area contributed by atoms with Gasteiger partial charge in [-0.15, -0.1) is 12.4 Å². The van der Waals surface area contributed by atoms with Gasteiger partial charge in [0.2, 0.25) is 10.0 Å². The maximum Gasteiger partial charge on any atom is 0.251 e. The number of anilines is 1. The first-order valence-corrected chi connectivity index (χ1v) is 8.79. The van der Waals surface area contributed by atoms with E-state index < -0.39 is 10.0 Å². The van der Waals surface area contributed by atoms with Gasteiger partial charge in [0.15, 0.2) is 0 Å². The number of nitrogens with two attached hydrogens (primary N) is 1. The zero-order valence-corrected chi connectivity index (χ0v) is 14.3. The second-order valence-corrected chi connectivity index (χ2v) is 7.30. The van der Waals surface area contributed by atoms with Crippen LogP contribution in [0.3, 0.4) is 0 Å². The van der Waals surface area contributed by atoms with Crippen LogP contribution in [0.15, 0.2) is 18.2 Å². The normalized spacial score (nSPS) is 15.5. The largest absolute Gasteiger partial charge is 0.348 e. The quantitative estimate of drug-likeness (QED) is 0.846. The number of nitrogens with zero attached hydrogens (tertiary/aromatic N) is 1. The van der Waals surface area contributed by atoms with Crippen LogP contribution in [0, 0.1) is 0 Å². The molecule has 3 N–H and O–H groups in total. The predicted octanol–water partition coefficient (Wildman–Crippen LogP) is 0.898. The average Bonchev–Trinajstić information content (AvgIpc) is 2.44. The van der Waals surface area contributed by atoms with Crippen molar-refractivity contribution >= 4 is 34.0 Å². The Labute approximate surface area is 137 Å². The molecule has 6 nitrogen and oxygen atoms in total. The summed E-state index contributed by atoms with van der Waals surface area (Å²) in [7, 11) is -3.28. The smallest absolute Gasteiger partial charge is 0.251 e. The van der Waals surface area contributed by atoms with E-state index in [-0.39, 0.29) is 24.4 Å². The van der Waals surface area contributed by atoms with Gasteiger partial charge in [0.1, 0.15) is 0 Å². The van der Waals surface area contributed by atoms with Crippen LogP contribution in [0.1, 0.15) is 29.3 Å². The number of fused-ring (bicyclic) bond motifs is 1. The highest BCUT2D eigenvalue weighted by Gasteiger charge is 2.24. The van der Waals surface area contributed by atoms with Crippen molar-refractivity contribution in [2.24, 2.45) is 5.73 Å². The van der Waals surface area contributed by atoms with Crippen LogP contribution in [0.2, 0.25) is 0 Å². The molecule has 1 aromatic rings. The maximum atomic E-state index is 12.1. The molecule has 22 heavy (non-hydrogen) atoms. The molecule has 124 valence electrons. The van der Waals surface area contributed by atoms with Gasteiger partial charge in [-0.3, -0.25) is 9.10 Å². The standard InChI is InChI=1S/C14H21N3O3S.ClH/c1-10(9-15)16-14(18)12-5-6-13-11(8-12)4-3-7-17(13)21(2,19)20;/h5-6,8,10H,3-4,7,9,15H2,1-2H3,(H,16,18);1H/t10-;/m0./s1. The summed E-state index contributed by atoms with van der Waals surface area (Å²) >= 11 is 0. The number of hydrogen-bond acceptors (Lipinski definition) is 4. The van der Waals surface area contributed by atoms with Gasteiger partial charge in [-0.1, -0.05) is 0 Å². The summed E-state index contributed by atoms with van der Waals surface area (Å²) in [6.07, 6.45) is 2.73. The summed E-state index contributed by atoms with van der Waals surface area (Å²) in [5.74, 6) is -0.188. The molecule has 0 spiro atoms. The van der Waals surface area contributed by atoms with Gasteiger partial charge in [-0.25, -0.2) is 8.42 Å². The van der Waals surface area contributed by atoms with Crippen LogP contribution < -0.4 is 15.4 Å². The molecule has 0 radical (unpaired) electrons. The van der Waals surface area contributed by atoms with E-state index in [2.05, 4.69) is 5.32 Å². The highest BCUT2D eigenvalue weighted by Crippen LogP contribution is 2.29. The van der Waals surface area contributed by atoms with Gasteiger partial charge < -0.3 is 11.1 Å². The molecular weight excluding hydrogens is 326 g/mol. The van der Waals surface area contributed by atoms with Crippen LogP contribution in [-0.4, -0.2) is 39.7 Å². The van der Waals surface area contributed by atoms with Crippen LogP contribution in [0.25, 0.3) is 0 Å². The molecule has 0 aromatic heterocycles. The van der Waals surface area contributed by atoms with E-state index in [1.54, 1.807) is 18.2 Å². The number of halogens is 1. The molecule has 1 aromatic carbocycles. The van der Waals surface area contributed by atoms with Crippen molar-refractivity contribution in [3.63, 3.8) is 0 Å². The molecule has 0 aliphatic carbocycles. The Morgan fingerprint density at radius 1 is 1.45 bits per heavy atom. The van der Waals surface area contributed by atoms with Gasteiger partial charge in [0.05, 0.1) is 11.9 Å². The van der Waals surface area contributed by atoms with Crippen molar-refractivity contribution in [2.45, 2.75) is 25.8 Å². The monoisotopic (exact) mass is 347 g/mol. The molecule has 0 saturated carbocycles. The molecule has 0 saturated heterocycles. The lowest BCUT2D eigenvalue weighted by molar-refractivity contribution is 0.0941. The van der Waals surface area contributed by atoms with E-state index in [1.165, 1.54) is 10.6 Å². The molecule has 1 heterocycles. The SMILES string of the molecule is C[C@@H](CN)NC(=O)c1ccc2c(c1)CCCN2S(C)(=O)=O.Cl. The minimum atomic E-state index is -3.28. The summed E-state index contributed by atoms with van der Waals surface area (Å²) < 4.78 is 25.0. The summed E-state index contributed by atoms with van der Waals surface area (Å²) in [6.45, 7) is 2.70. The summed E-state index contributed by atoms with van der Waals surface area (Å²) in [4.78, 5) is 12.1. The first-order valence-electron chi connectivity index (χ1n) is 6.94. The number of rotatable bonds is 4. The molecule has 0 unspecified atom stereocenters. The first kappa shape index (κ1) is 18.7. The Hall–Kier alpha value is -1.31. The lowest BCUT2D eigenvalue weighted by Gasteiger charge is -2.29. The van der Waals surface area contributed by atoms with Gasteiger partial charge in [0, 0.05) is 24.7 Å². The summed E-state index contributed by atoms with van der Waals surface area (Å²) in [5.41, 5.74) is 7.58. The number of aryl methyl sites for hydroxylation is 1. The molecule has 8 heteroatoms. The fourth-order valence-electron chi connectivity index (χ4n) is 2.41. The van der Waals surface area contributed by atoms with Gasteiger partial charge >= 0.3 is 0 Å². The van der Waals surface area contributed by atoms with Crippen LogP contribution in [-0.2, 0) is 16.4 Å². The Balaban J connectivity index is 0.00000242. The average molecular weight is 348 g/mol. The van der Waals surface area contributed by atoms with Crippen LogP contribution in [0.4, 0.5) is 5.69 Å². The van der Waals surface area contributed by atoms with Gasteiger partial charge in [-0.05, 0) is 43.5 Å². The van der Waals surface area contributed by atoms with E-state index in [4.69, 9.17) is 5.73 Å². The highest BCUT2D eigenvalue weighted by molar-refractivity contribution is 7.92. The predicted molar refractivity (Wildman–Crippen MR) is 90.2 cm³/mol. The van der Waals surface area contributed by atoms with Crippen LogP contribution >= 0.6 is 12.4 Å². The number of hydrogen-bond donors (Lipinski definition) is 2. The Kier molecular flexibility index (Phi) is 6.22. The minimum absolute atomic E-state index is 0. The van der Waals surface area contributed by atoms with E-state index in [0.29, 0.717) is 24.3 Å². The fourth-order valence-corrected chi connectivity index (χ4v) is 3.41. The van der Waals surface area contributed by atoms with E-state index in [1.807, 2.05) is 6.92 Å². The first-order chi connectivity index (χ1) is 9.82. The second kappa shape index (κ2) is 7.30. The Bertz CT molecular complexity index is 649. The van der Waals surface area contributed by atoms with Crippen molar-refractivity contribution in [3.8, 4) is 0 Å². The van der Waals surface area contributed by atoms with E-state index in [0.717, 1.165) is 18.4 Å². The molecule has 0 bridgehead atoms. The lowest BCUT2D eigenvalue weighted by Crippen LogP contribution is -2.38. The Morgan fingerprint density at radius 2 is 2.14 bits per heavy atom. The number of benzene rings is 1. The molecule has 1 amide bonds. The minimum Gasteiger partial charge on any atom is -0.348 e. The summed E-state index contributed by atoms with van der Waals surface area (Å²) in [6, 6.07) is 5.03. The Morgan fingerprint density at radius 3 is 2.73 bits per heavy atom. The van der Waals surface area contributed by atoms with E-state index >= 15 is 0 Å². The van der Waals surface area contributed by atoms with Crippen molar-refractivity contribution in [1.29, 1.82) is 0 Å². The third kappa shape index (κ3) is 4.12. The lowest BCUT2D eigenvalue weighted by atomic mass is 10.0. The molecule has 0 fully saturated rings. The number of nitrogens with one attached hydrogen (secondary N) is 1. The third-order valence-corrected chi connectivity index (χ3v) is 4.73. The zero-order chi connectivity index (χ0) is 15.6. The highest BCUT2D eigenvalue weighted by atomic mass is 35.5. The van der Waals surface area contributed by atoms with Crippen molar-refractivity contribution in [3.05, 3.63) is 29.3 Å². The van der Waals surface area contributed by atoms with Crippen LogP contribution in [0.5, 0.6) is 0 Å². The van der Waals surface area contributed by atoms with Crippen molar-refractivity contribution < 1.29 is 13.2 Å². The van der Waals surface area contributed by atoms with Crippen molar-refractivity contribution in [1.82, 2.24) is 5.32 Å². The molecule has 1 aliphatic rings. The third-order valence-electron chi connectivity index (χ3n) is 3.55.